The summed E-state index contributed by atoms with van der Waals surface area (Å²) in [5, 5.41) is -0.0426. The van der Waals surface area contributed by atoms with Crippen molar-refractivity contribution in [2.45, 2.75) is 19.6 Å². The molecule has 1 heterocycles. The summed E-state index contributed by atoms with van der Waals surface area (Å²) >= 11 is 0. The van der Waals surface area contributed by atoms with Crippen molar-refractivity contribution in [1.82, 2.24) is 0 Å². The number of halogens is 6. The fourth-order valence-corrected chi connectivity index (χ4v) is 1.63. The first kappa shape index (κ1) is 16.0. The maximum absolute atomic E-state index is 12.3. The van der Waals surface area contributed by atoms with Gasteiger partial charge in [-0.15, -0.1) is 26.3 Å². The predicted molar refractivity (Wildman–Crippen MR) is 59.6 cm³/mol. The molecule has 0 N–H and O–H groups in total. The lowest BCUT2D eigenvalue weighted by Crippen LogP contribution is -2.21. The van der Waals surface area contributed by atoms with Crippen molar-refractivity contribution in [3.63, 3.8) is 0 Å². The van der Waals surface area contributed by atoms with Gasteiger partial charge in [0, 0.05) is 18.4 Å². The second-order valence-corrected chi connectivity index (χ2v) is 4.10. The van der Waals surface area contributed by atoms with Gasteiger partial charge in [-0.1, -0.05) is 0 Å². The lowest BCUT2D eigenvalue weighted by atomic mass is 10.2. The lowest BCUT2D eigenvalue weighted by Gasteiger charge is -2.15. The second kappa shape index (κ2) is 5.11. The normalized spacial score (nSPS) is 12.5. The van der Waals surface area contributed by atoms with Crippen LogP contribution in [0.4, 0.5) is 26.3 Å². The summed E-state index contributed by atoms with van der Waals surface area (Å²) in [4.78, 5) is 11.1. The molecule has 0 fully saturated rings. The Labute approximate surface area is 118 Å². The summed E-state index contributed by atoms with van der Waals surface area (Å²) in [5.41, 5.74) is -0.251. The summed E-state index contributed by atoms with van der Waals surface area (Å²) in [7, 11) is 0. The molecular formula is C12H6F6O4. The fourth-order valence-electron chi connectivity index (χ4n) is 1.63. The number of rotatable bonds is 3. The van der Waals surface area contributed by atoms with E-state index in [1.54, 1.807) is 0 Å². The Morgan fingerprint density at radius 3 is 1.91 bits per heavy atom. The monoisotopic (exact) mass is 328 g/mol. The molecule has 0 unspecified atom stereocenters. The molecule has 22 heavy (non-hydrogen) atoms. The third-order valence-electron chi connectivity index (χ3n) is 2.38. The van der Waals surface area contributed by atoms with E-state index in [0.29, 0.717) is 12.1 Å². The van der Waals surface area contributed by atoms with Gasteiger partial charge in [-0.05, 0) is 12.1 Å². The van der Waals surface area contributed by atoms with E-state index in [1.807, 2.05) is 0 Å². The number of furan rings is 1. The number of carbonyl (C=O) groups excluding carboxylic acids is 1. The highest BCUT2D eigenvalue weighted by Gasteiger charge is 2.37. The van der Waals surface area contributed by atoms with Crippen LogP contribution in [0.15, 0.2) is 22.6 Å². The average molecular weight is 328 g/mol. The van der Waals surface area contributed by atoms with Crippen LogP contribution in [0.25, 0.3) is 11.0 Å². The van der Waals surface area contributed by atoms with E-state index in [-0.39, 0.29) is 16.7 Å². The van der Waals surface area contributed by atoms with Crippen molar-refractivity contribution in [3.8, 4) is 11.5 Å². The van der Waals surface area contributed by atoms with Crippen LogP contribution in [0.1, 0.15) is 17.5 Å². The fraction of sp³-hybridized carbons (Fsp3) is 0.250. The molecule has 2 aromatic rings. The predicted octanol–water partition coefficient (Wildman–Crippen LogP) is 4.43. The van der Waals surface area contributed by atoms with Gasteiger partial charge in [-0.2, -0.15) is 0 Å². The van der Waals surface area contributed by atoms with E-state index in [2.05, 4.69) is 9.47 Å². The van der Waals surface area contributed by atoms with Gasteiger partial charge in [0.25, 0.3) is 0 Å². The standard InChI is InChI=1S/C12H6F6O4/c1-5(19)7-2-6-3-9(21-11(13,14)15)10(4-8(6)20-7)22-12(16,17)18/h2-4H,1H3. The summed E-state index contributed by atoms with van der Waals surface area (Å²) in [6.45, 7) is 1.12. The summed E-state index contributed by atoms with van der Waals surface area (Å²) in [6.07, 6.45) is -10.4. The largest absolute Gasteiger partial charge is 0.573 e. The highest BCUT2D eigenvalue weighted by molar-refractivity contribution is 5.96. The van der Waals surface area contributed by atoms with Crippen LogP contribution in [0.5, 0.6) is 11.5 Å². The number of benzene rings is 1. The minimum atomic E-state index is -5.23. The molecule has 10 heteroatoms. The number of ketones is 1. The number of carbonyl (C=O) groups is 1. The van der Waals surface area contributed by atoms with Crippen LogP contribution >= 0.6 is 0 Å². The lowest BCUT2D eigenvalue weighted by molar-refractivity contribution is -0.287. The van der Waals surface area contributed by atoms with E-state index < -0.39 is 30.0 Å². The van der Waals surface area contributed by atoms with Gasteiger partial charge >= 0.3 is 12.7 Å². The summed E-state index contributed by atoms with van der Waals surface area (Å²) < 4.78 is 85.4. The molecule has 4 nitrogen and oxygen atoms in total. The van der Waals surface area contributed by atoms with Gasteiger partial charge in [0.05, 0.1) is 0 Å². The molecule has 0 atom stereocenters. The molecule has 0 aliphatic carbocycles. The van der Waals surface area contributed by atoms with Crippen LogP contribution in [0, 0.1) is 0 Å². The van der Waals surface area contributed by atoms with Crippen molar-refractivity contribution in [3.05, 3.63) is 24.0 Å². The van der Waals surface area contributed by atoms with Gasteiger partial charge in [0.15, 0.2) is 23.0 Å². The van der Waals surface area contributed by atoms with Gasteiger partial charge in [0.1, 0.15) is 5.58 Å². The molecule has 120 valence electrons. The first-order valence-corrected chi connectivity index (χ1v) is 5.54. The molecule has 2 rings (SSSR count). The van der Waals surface area contributed by atoms with Crippen LogP contribution in [-0.2, 0) is 0 Å². The zero-order valence-electron chi connectivity index (χ0n) is 10.6. The Morgan fingerprint density at radius 1 is 0.955 bits per heavy atom. The highest BCUT2D eigenvalue weighted by atomic mass is 19.4. The van der Waals surface area contributed by atoms with E-state index >= 15 is 0 Å². The van der Waals surface area contributed by atoms with Crippen molar-refractivity contribution in [2.24, 2.45) is 0 Å². The quantitative estimate of drug-likeness (QED) is 0.618. The van der Waals surface area contributed by atoms with Crippen molar-refractivity contribution in [2.75, 3.05) is 0 Å². The first-order chi connectivity index (χ1) is 9.94. The number of ether oxygens (including phenoxy) is 2. The molecule has 0 aliphatic heterocycles. The highest BCUT2D eigenvalue weighted by Crippen LogP contribution is 2.39. The Morgan fingerprint density at radius 2 is 1.45 bits per heavy atom. The van der Waals surface area contributed by atoms with E-state index in [1.165, 1.54) is 0 Å². The molecular weight excluding hydrogens is 322 g/mol. The van der Waals surface area contributed by atoms with Gasteiger partial charge in [0.2, 0.25) is 0 Å². The van der Waals surface area contributed by atoms with Crippen LogP contribution in [-0.4, -0.2) is 18.5 Å². The van der Waals surface area contributed by atoms with Crippen LogP contribution in [0.3, 0.4) is 0 Å². The maximum atomic E-state index is 12.3. The SMILES string of the molecule is CC(=O)c1cc2cc(OC(F)(F)F)c(OC(F)(F)F)cc2o1. The molecule has 0 aliphatic rings. The Bertz CT molecular complexity index is 660. The molecule has 0 amide bonds. The van der Waals surface area contributed by atoms with Gasteiger partial charge < -0.3 is 13.9 Å². The second-order valence-electron chi connectivity index (χ2n) is 4.10. The Kier molecular flexibility index (Phi) is 3.71. The molecule has 0 bridgehead atoms. The first-order valence-electron chi connectivity index (χ1n) is 5.54. The van der Waals surface area contributed by atoms with E-state index in [0.717, 1.165) is 13.0 Å². The molecule has 0 saturated heterocycles. The number of alkyl halides is 6. The zero-order chi connectivity index (χ0) is 16.7. The third kappa shape index (κ3) is 3.83. The number of Topliss-reactive ketones (excluding diaryl/α,β-unsaturated/α-hetero) is 1. The Hall–Kier alpha value is -2.39. The van der Waals surface area contributed by atoms with Crippen molar-refractivity contribution in [1.29, 1.82) is 0 Å². The summed E-state index contributed by atoms with van der Waals surface area (Å²) in [6, 6.07) is 2.29. The van der Waals surface area contributed by atoms with E-state index in [9.17, 15) is 31.1 Å². The summed E-state index contributed by atoms with van der Waals surface area (Å²) in [5.74, 6) is -3.21. The van der Waals surface area contributed by atoms with Crippen molar-refractivity contribution >= 4 is 16.8 Å². The molecule has 0 saturated carbocycles. The third-order valence-corrected chi connectivity index (χ3v) is 2.38. The van der Waals surface area contributed by atoms with E-state index in [4.69, 9.17) is 4.42 Å². The molecule has 0 spiro atoms. The zero-order valence-corrected chi connectivity index (χ0v) is 10.6. The van der Waals surface area contributed by atoms with Crippen LogP contribution < -0.4 is 9.47 Å². The van der Waals surface area contributed by atoms with Crippen LogP contribution in [0.2, 0.25) is 0 Å². The molecule has 1 aromatic carbocycles. The number of fused-ring (bicyclic) bond motifs is 1. The van der Waals surface area contributed by atoms with Crippen molar-refractivity contribution < 1.29 is 45.0 Å². The molecule has 0 radical (unpaired) electrons. The number of hydrogen-bond acceptors (Lipinski definition) is 4. The Balaban J connectivity index is 2.56. The minimum absolute atomic E-state index is 0.0426. The average Bonchev–Trinajstić information content (AvgIpc) is 2.68. The maximum Gasteiger partial charge on any atom is 0.573 e. The van der Waals surface area contributed by atoms with Gasteiger partial charge in [-0.3, -0.25) is 4.79 Å². The molecule has 1 aromatic heterocycles. The topological polar surface area (TPSA) is 48.7 Å². The van der Waals surface area contributed by atoms with Gasteiger partial charge in [-0.25, -0.2) is 0 Å². The minimum Gasteiger partial charge on any atom is -0.453 e. The number of hydrogen-bond donors (Lipinski definition) is 0. The smallest absolute Gasteiger partial charge is 0.453 e.